The summed E-state index contributed by atoms with van der Waals surface area (Å²) >= 11 is 0. The highest BCUT2D eigenvalue weighted by Gasteiger charge is 1.98. The quantitative estimate of drug-likeness (QED) is 0.587. The predicted molar refractivity (Wildman–Crippen MR) is 39.3 cm³/mol. The minimum Gasteiger partial charge on any atom is -0.495 e. The summed E-state index contributed by atoms with van der Waals surface area (Å²) in [6.45, 7) is 7.60. The van der Waals surface area contributed by atoms with Crippen molar-refractivity contribution in [1.82, 2.24) is 4.90 Å². The fourth-order valence-corrected chi connectivity index (χ4v) is 0.730. The maximum atomic E-state index is 9.10. The second-order valence-corrected chi connectivity index (χ2v) is 1.82. The van der Waals surface area contributed by atoms with Crippen molar-refractivity contribution in [2.75, 3.05) is 13.1 Å². The molecule has 54 valence electrons. The SMILES string of the molecule is C/C=C(/O)N(CC)CC. The Kier molecular flexibility index (Phi) is 3.93. The van der Waals surface area contributed by atoms with Crippen LogP contribution in [0.15, 0.2) is 12.0 Å². The second kappa shape index (κ2) is 4.24. The van der Waals surface area contributed by atoms with Crippen LogP contribution in [0.5, 0.6) is 0 Å². The molecule has 0 saturated carbocycles. The number of nitrogens with zero attached hydrogens (tertiary/aromatic N) is 1. The lowest BCUT2D eigenvalue weighted by Gasteiger charge is -2.18. The Morgan fingerprint density at radius 3 is 2.00 bits per heavy atom. The van der Waals surface area contributed by atoms with Crippen LogP contribution in [0.1, 0.15) is 20.8 Å². The minimum absolute atomic E-state index is 0.375. The molecule has 0 aliphatic heterocycles. The maximum absolute atomic E-state index is 9.10. The third-order valence-electron chi connectivity index (χ3n) is 1.35. The molecule has 1 N–H and O–H groups in total. The van der Waals surface area contributed by atoms with Crippen LogP contribution < -0.4 is 0 Å². The highest BCUT2D eigenvalue weighted by atomic mass is 16.3. The minimum atomic E-state index is 0.375. The zero-order valence-electron chi connectivity index (χ0n) is 6.39. The molecule has 2 nitrogen and oxygen atoms in total. The van der Waals surface area contributed by atoms with E-state index in [2.05, 4.69) is 0 Å². The summed E-state index contributed by atoms with van der Waals surface area (Å²) in [5, 5.41) is 9.10. The highest BCUT2D eigenvalue weighted by Crippen LogP contribution is 1.96. The van der Waals surface area contributed by atoms with Gasteiger partial charge in [-0.3, -0.25) is 0 Å². The van der Waals surface area contributed by atoms with E-state index in [1.807, 2.05) is 25.7 Å². The van der Waals surface area contributed by atoms with E-state index in [1.54, 1.807) is 6.08 Å². The molecule has 0 spiro atoms. The van der Waals surface area contributed by atoms with E-state index in [1.165, 1.54) is 0 Å². The van der Waals surface area contributed by atoms with E-state index < -0.39 is 0 Å². The van der Waals surface area contributed by atoms with E-state index in [-0.39, 0.29) is 0 Å². The second-order valence-electron chi connectivity index (χ2n) is 1.82. The molecule has 0 aromatic carbocycles. The van der Waals surface area contributed by atoms with Crippen molar-refractivity contribution in [3.8, 4) is 0 Å². The Morgan fingerprint density at radius 1 is 1.44 bits per heavy atom. The van der Waals surface area contributed by atoms with Gasteiger partial charge in [-0.2, -0.15) is 0 Å². The number of hydrogen-bond acceptors (Lipinski definition) is 2. The van der Waals surface area contributed by atoms with E-state index in [4.69, 9.17) is 5.11 Å². The third kappa shape index (κ3) is 2.40. The Labute approximate surface area is 56.8 Å². The maximum Gasteiger partial charge on any atom is 0.182 e. The first-order valence-corrected chi connectivity index (χ1v) is 3.36. The summed E-state index contributed by atoms with van der Waals surface area (Å²) in [7, 11) is 0. The van der Waals surface area contributed by atoms with Crippen LogP contribution in [-0.2, 0) is 0 Å². The molecule has 0 atom stereocenters. The molecule has 0 bridgehead atoms. The fraction of sp³-hybridized carbons (Fsp3) is 0.714. The molecular formula is C7H15NO. The first-order chi connectivity index (χ1) is 4.26. The van der Waals surface area contributed by atoms with E-state index in [9.17, 15) is 0 Å². The van der Waals surface area contributed by atoms with Crippen LogP contribution in [0, 0.1) is 0 Å². The van der Waals surface area contributed by atoms with E-state index >= 15 is 0 Å². The average Bonchev–Trinajstić information content (AvgIpc) is 1.90. The van der Waals surface area contributed by atoms with Crippen molar-refractivity contribution < 1.29 is 5.11 Å². The molecule has 2 heteroatoms. The zero-order valence-corrected chi connectivity index (χ0v) is 6.39. The Morgan fingerprint density at radius 2 is 1.89 bits per heavy atom. The molecule has 0 unspecified atom stereocenters. The zero-order chi connectivity index (χ0) is 7.28. The number of aliphatic hydroxyl groups is 1. The summed E-state index contributed by atoms with van der Waals surface area (Å²) in [4.78, 5) is 1.89. The highest BCUT2D eigenvalue weighted by molar-refractivity contribution is 4.86. The molecule has 0 saturated heterocycles. The largest absolute Gasteiger partial charge is 0.495 e. The fourth-order valence-electron chi connectivity index (χ4n) is 0.730. The van der Waals surface area contributed by atoms with E-state index in [0.717, 1.165) is 13.1 Å². The first-order valence-electron chi connectivity index (χ1n) is 3.36. The van der Waals surface area contributed by atoms with Gasteiger partial charge in [0.2, 0.25) is 0 Å². The Bertz CT molecular complexity index is 95.1. The molecule has 0 aliphatic carbocycles. The number of hydrogen-bond donors (Lipinski definition) is 1. The van der Waals surface area contributed by atoms with Crippen molar-refractivity contribution in [2.45, 2.75) is 20.8 Å². The van der Waals surface area contributed by atoms with E-state index in [0.29, 0.717) is 5.88 Å². The van der Waals surface area contributed by atoms with Gasteiger partial charge < -0.3 is 10.0 Å². The van der Waals surface area contributed by atoms with Gasteiger partial charge in [-0.05, 0) is 26.8 Å². The number of aliphatic hydroxyl groups excluding tert-OH is 1. The summed E-state index contributed by atoms with van der Waals surface area (Å²) in [5.41, 5.74) is 0. The lowest BCUT2D eigenvalue weighted by molar-refractivity contribution is 0.215. The molecule has 9 heavy (non-hydrogen) atoms. The van der Waals surface area contributed by atoms with Gasteiger partial charge in [-0.25, -0.2) is 0 Å². The standard InChI is InChI=1S/C7H15NO/c1-4-7(9)8(5-2)6-3/h4,9H,5-6H2,1-3H3/b7-4+. The third-order valence-corrected chi connectivity index (χ3v) is 1.35. The molecule has 0 amide bonds. The molecule has 0 radical (unpaired) electrons. The van der Waals surface area contributed by atoms with Gasteiger partial charge in [0.25, 0.3) is 0 Å². The van der Waals surface area contributed by atoms with Crippen molar-refractivity contribution in [2.24, 2.45) is 0 Å². The normalized spacial score (nSPS) is 11.7. The Hall–Kier alpha value is -0.660. The predicted octanol–water partition coefficient (Wildman–Crippen LogP) is 1.75. The molecule has 0 heterocycles. The summed E-state index contributed by atoms with van der Waals surface area (Å²) in [6, 6.07) is 0. The summed E-state index contributed by atoms with van der Waals surface area (Å²) in [6.07, 6.45) is 1.70. The van der Waals surface area contributed by atoms with Gasteiger partial charge in [0.1, 0.15) is 0 Å². The molecule has 0 aromatic rings. The number of allylic oxidation sites excluding steroid dienone is 1. The lowest BCUT2D eigenvalue weighted by Crippen LogP contribution is -2.21. The monoisotopic (exact) mass is 129 g/mol. The van der Waals surface area contributed by atoms with Crippen LogP contribution >= 0.6 is 0 Å². The smallest absolute Gasteiger partial charge is 0.182 e. The van der Waals surface area contributed by atoms with Crippen LogP contribution in [0.4, 0.5) is 0 Å². The van der Waals surface area contributed by atoms with Crippen molar-refractivity contribution in [3.63, 3.8) is 0 Å². The van der Waals surface area contributed by atoms with Crippen LogP contribution in [0.3, 0.4) is 0 Å². The lowest BCUT2D eigenvalue weighted by atomic mass is 10.5. The van der Waals surface area contributed by atoms with Crippen LogP contribution in [0.25, 0.3) is 0 Å². The topological polar surface area (TPSA) is 23.5 Å². The molecule has 0 aliphatic rings. The first kappa shape index (κ1) is 8.34. The Balaban J connectivity index is 3.79. The summed E-state index contributed by atoms with van der Waals surface area (Å²) in [5.74, 6) is 0.375. The van der Waals surface area contributed by atoms with Gasteiger partial charge in [0.15, 0.2) is 5.88 Å². The van der Waals surface area contributed by atoms with Crippen molar-refractivity contribution in [1.29, 1.82) is 0 Å². The molecule has 0 fully saturated rings. The van der Waals surface area contributed by atoms with Crippen LogP contribution in [-0.4, -0.2) is 23.1 Å². The number of rotatable bonds is 3. The van der Waals surface area contributed by atoms with Gasteiger partial charge in [0.05, 0.1) is 0 Å². The van der Waals surface area contributed by atoms with Gasteiger partial charge >= 0.3 is 0 Å². The van der Waals surface area contributed by atoms with Crippen molar-refractivity contribution in [3.05, 3.63) is 12.0 Å². The van der Waals surface area contributed by atoms with Crippen molar-refractivity contribution >= 4 is 0 Å². The summed E-state index contributed by atoms with van der Waals surface area (Å²) < 4.78 is 0. The van der Waals surface area contributed by atoms with Crippen LogP contribution in [0.2, 0.25) is 0 Å². The van der Waals surface area contributed by atoms with Gasteiger partial charge in [0, 0.05) is 13.1 Å². The molecular weight excluding hydrogens is 114 g/mol. The van der Waals surface area contributed by atoms with Gasteiger partial charge in [-0.15, -0.1) is 0 Å². The molecule has 0 rings (SSSR count). The molecule has 0 aromatic heterocycles. The average molecular weight is 129 g/mol. The van der Waals surface area contributed by atoms with Gasteiger partial charge in [-0.1, -0.05) is 0 Å².